The smallest absolute Gasteiger partial charge is 0.0199 e. The zero-order valence-electron chi connectivity index (χ0n) is 6.72. The summed E-state index contributed by atoms with van der Waals surface area (Å²) in [5, 5.41) is 0. The SMILES string of the molecule is CCC1C=CC(C2CC2)C1. The van der Waals surface area contributed by atoms with Crippen molar-refractivity contribution in [1.82, 2.24) is 0 Å². The van der Waals surface area contributed by atoms with Crippen molar-refractivity contribution >= 4 is 0 Å². The van der Waals surface area contributed by atoms with Crippen molar-refractivity contribution in [2.75, 3.05) is 0 Å². The van der Waals surface area contributed by atoms with Crippen molar-refractivity contribution in [2.45, 2.75) is 32.6 Å². The predicted octanol–water partition coefficient (Wildman–Crippen LogP) is 3.00. The molecule has 0 heterocycles. The fourth-order valence-electron chi connectivity index (χ4n) is 1.98. The molecule has 10 heavy (non-hydrogen) atoms. The van der Waals surface area contributed by atoms with Gasteiger partial charge in [0.2, 0.25) is 0 Å². The lowest BCUT2D eigenvalue weighted by molar-refractivity contribution is 0.471. The molecule has 0 aromatic carbocycles. The van der Waals surface area contributed by atoms with Crippen molar-refractivity contribution < 1.29 is 0 Å². The molecule has 2 aliphatic carbocycles. The summed E-state index contributed by atoms with van der Waals surface area (Å²) in [6, 6.07) is 0. The standard InChI is InChI=1S/C10H16/c1-2-8-3-4-10(7-8)9-5-6-9/h3-4,8-10H,2,5-7H2,1H3. The van der Waals surface area contributed by atoms with E-state index >= 15 is 0 Å². The number of hydrogen-bond donors (Lipinski definition) is 0. The third-order valence-corrected chi connectivity index (χ3v) is 2.96. The molecular weight excluding hydrogens is 120 g/mol. The van der Waals surface area contributed by atoms with Gasteiger partial charge < -0.3 is 0 Å². The minimum Gasteiger partial charge on any atom is -0.0851 e. The highest BCUT2D eigenvalue weighted by Gasteiger charge is 2.32. The van der Waals surface area contributed by atoms with Crippen molar-refractivity contribution in [2.24, 2.45) is 17.8 Å². The molecule has 0 radical (unpaired) electrons. The van der Waals surface area contributed by atoms with Crippen LogP contribution in [0.4, 0.5) is 0 Å². The Morgan fingerprint density at radius 1 is 1.30 bits per heavy atom. The van der Waals surface area contributed by atoms with Crippen LogP contribution >= 0.6 is 0 Å². The zero-order chi connectivity index (χ0) is 6.97. The largest absolute Gasteiger partial charge is 0.0851 e. The fourth-order valence-corrected chi connectivity index (χ4v) is 1.98. The van der Waals surface area contributed by atoms with E-state index in [4.69, 9.17) is 0 Å². The van der Waals surface area contributed by atoms with Gasteiger partial charge in [-0.1, -0.05) is 19.1 Å². The van der Waals surface area contributed by atoms with Crippen LogP contribution in [0.5, 0.6) is 0 Å². The Hall–Kier alpha value is -0.260. The molecule has 0 aromatic heterocycles. The Labute approximate surface area is 63.3 Å². The van der Waals surface area contributed by atoms with Crippen molar-refractivity contribution in [3.63, 3.8) is 0 Å². The first-order valence-electron chi connectivity index (χ1n) is 4.58. The summed E-state index contributed by atoms with van der Waals surface area (Å²) in [5.74, 6) is 2.99. The van der Waals surface area contributed by atoms with Gasteiger partial charge in [-0.25, -0.2) is 0 Å². The predicted molar refractivity (Wildman–Crippen MR) is 43.8 cm³/mol. The molecule has 2 atom stereocenters. The van der Waals surface area contributed by atoms with Crippen LogP contribution < -0.4 is 0 Å². The van der Waals surface area contributed by atoms with Gasteiger partial charge in [-0.3, -0.25) is 0 Å². The van der Waals surface area contributed by atoms with Crippen LogP contribution in [-0.2, 0) is 0 Å². The van der Waals surface area contributed by atoms with Crippen LogP contribution in [0.15, 0.2) is 12.2 Å². The molecule has 2 rings (SSSR count). The van der Waals surface area contributed by atoms with E-state index in [1.54, 1.807) is 0 Å². The molecule has 0 aromatic rings. The lowest BCUT2D eigenvalue weighted by Gasteiger charge is -2.07. The second kappa shape index (κ2) is 2.41. The van der Waals surface area contributed by atoms with Gasteiger partial charge in [0.25, 0.3) is 0 Å². The minimum absolute atomic E-state index is 0.922. The van der Waals surface area contributed by atoms with Gasteiger partial charge in [-0.05, 0) is 43.4 Å². The molecule has 0 heteroatoms. The highest BCUT2D eigenvalue weighted by atomic mass is 14.4. The highest BCUT2D eigenvalue weighted by Crippen LogP contribution is 2.43. The van der Waals surface area contributed by atoms with E-state index in [9.17, 15) is 0 Å². The zero-order valence-corrected chi connectivity index (χ0v) is 6.72. The highest BCUT2D eigenvalue weighted by molar-refractivity contribution is 5.05. The van der Waals surface area contributed by atoms with Crippen LogP contribution in [-0.4, -0.2) is 0 Å². The topological polar surface area (TPSA) is 0 Å². The maximum Gasteiger partial charge on any atom is -0.0199 e. The summed E-state index contributed by atoms with van der Waals surface area (Å²) in [6.07, 6.45) is 10.7. The summed E-state index contributed by atoms with van der Waals surface area (Å²) in [6.45, 7) is 2.30. The Balaban J connectivity index is 1.88. The molecule has 0 nitrogen and oxygen atoms in total. The van der Waals surface area contributed by atoms with Gasteiger partial charge in [-0.15, -0.1) is 0 Å². The lowest BCUT2D eigenvalue weighted by Crippen LogP contribution is -1.98. The van der Waals surface area contributed by atoms with Crippen molar-refractivity contribution in [3.8, 4) is 0 Å². The molecule has 0 saturated heterocycles. The molecule has 1 fully saturated rings. The maximum atomic E-state index is 2.46. The van der Waals surface area contributed by atoms with Gasteiger partial charge in [-0.2, -0.15) is 0 Å². The quantitative estimate of drug-likeness (QED) is 0.512. The Kier molecular flexibility index (Phi) is 1.55. The molecule has 0 bridgehead atoms. The maximum absolute atomic E-state index is 2.46. The molecule has 0 aliphatic heterocycles. The van der Waals surface area contributed by atoms with Crippen LogP contribution in [0.1, 0.15) is 32.6 Å². The van der Waals surface area contributed by atoms with Gasteiger partial charge >= 0.3 is 0 Å². The first kappa shape index (κ1) is 6.45. The Morgan fingerprint density at radius 2 is 2.10 bits per heavy atom. The lowest BCUT2D eigenvalue weighted by atomic mass is 9.98. The number of hydrogen-bond acceptors (Lipinski definition) is 0. The monoisotopic (exact) mass is 136 g/mol. The third-order valence-electron chi connectivity index (χ3n) is 2.96. The Morgan fingerprint density at radius 3 is 2.60 bits per heavy atom. The molecule has 2 unspecified atom stereocenters. The van der Waals surface area contributed by atoms with E-state index in [1.807, 2.05) is 0 Å². The van der Waals surface area contributed by atoms with Crippen molar-refractivity contribution in [3.05, 3.63) is 12.2 Å². The third kappa shape index (κ3) is 1.12. The molecule has 2 aliphatic rings. The van der Waals surface area contributed by atoms with E-state index in [2.05, 4.69) is 19.1 Å². The average molecular weight is 136 g/mol. The first-order chi connectivity index (χ1) is 4.90. The van der Waals surface area contributed by atoms with E-state index < -0.39 is 0 Å². The molecule has 0 amide bonds. The van der Waals surface area contributed by atoms with E-state index in [0.29, 0.717) is 0 Å². The van der Waals surface area contributed by atoms with Gasteiger partial charge in [0, 0.05) is 0 Å². The number of allylic oxidation sites excluding steroid dienone is 2. The molecule has 0 N–H and O–H groups in total. The average Bonchev–Trinajstić information content (AvgIpc) is 2.70. The van der Waals surface area contributed by atoms with E-state index in [0.717, 1.165) is 17.8 Å². The normalized spacial score (nSPS) is 38.9. The van der Waals surface area contributed by atoms with Crippen LogP contribution in [0.2, 0.25) is 0 Å². The summed E-state index contributed by atoms with van der Waals surface area (Å²) in [7, 11) is 0. The van der Waals surface area contributed by atoms with Crippen molar-refractivity contribution in [1.29, 1.82) is 0 Å². The molecule has 0 spiro atoms. The minimum atomic E-state index is 0.922. The fraction of sp³-hybridized carbons (Fsp3) is 0.800. The first-order valence-corrected chi connectivity index (χ1v) is 4.58. The van der Waals surface area contributed by atoms with E-state index in [1.165, 1.54) is 25.7 Å². The second-order valence-corrected chi connectivity index (χ2v) is 3.79. The summed E-state index contributed by atoms with van der Waals surface area (Å²) in [4.78, 5) is 0. The van der Waals surface area contributed by atoms with Gasteiger partial charge in [0.15, 0.2) is 0 Å². The summed E-state index contributed by atoms with van der Waals surface area (Å²) >= 11 is 0. The molecule has 1 saturated carbocycles. The molecular formula is C10H16. The van der Waals surface area contributed by atoms with Crippen LogP contribution in [0.25, 0.3) is 0 Å². The Bertz CT molecular complexity index is 142. The van der Waals surface area contributed by atoms with Crippen LogP contribution in [0.3, 0.4) is 0 Å². The van der Waals surface area contributed by atoms with Crippen LogP contribution in [0, 0.1) is 17.8 Å². The van der Waals surface area contributed by atoms with Gasteiger partial charge in [0.1, 0.15) is 0 Å². The summed E-state index contributed by atoms with van der Waals surface area (Å²) < 4.78 is 0. The van der Waals surface area contributed by atoms with E-state index in [-0.39, 0.29) is 0 Å². The molecule has 56 valence electrons. The van der Waals surface area contributed by atoms with Gasteiger partial charge in [0.05, 0.1) is 0 Å². The number of rotatable bonds is 2. The second-order valence-electron chi connectivity index (χ2n) is 3.79. The summed E-state index contributed by atoms with van der Waals surface area (Å²) in [5.41, 5.74) is 0.